The fraction of sp³-hybridized carbons (Fsp3) is 0.900. The second kappa shape index (κ2) is 5.79. The molecule has 1 aliphatic carbocycles. The van der Waals surface area contributed by atoms with E-state index >= 15 is 0 Å². The highest BCUT2D eigenvalue weighted by Gasteiger charge is 2.44. The van der Waals surface area contributed by atoms with E-state index in [-0.39, 0.29) is 12.4 Å². The number of carbonyl (C=O) groups is 1. The maximum absolute atomic E-state index is 11.7. The Kier molecular flexibility index (Phi) is 4.91. The summed E-state index contributed by atoms with van der Waals surface area (Å²) in [6.07, 6.45) is 2.19. The minimum atomic E-state index is -3.60. The summed E-state index contributed by atoms with van der Waals surface area (Å²) >= 11 is 0. The first kappa shape index (κ1) is 14.4. The third-order valence-electron chi connectivity index (χ3n) is 2.92. The molecule has 0 saturated heterocycles. The highest BCUT2D eigenvalue weighted by Crippen LogP contribution is 2.30. The lowest BCUT2D eigenvalue weighted by atomic mass is 10.0. The van der Waals surface area contributed by atoms with Crippen LogP contribution in [0.2, 0.25) is 0 Å². The summed E-state index contributed by atoms with van der Waals surface area (Å²) in [4.78, 5) is 11.2. The number of carboxylic acid groups (broad SMARTS) is 1. The quantitative estimate of drug-likeness (QED) is 0.647. The maximum Gasteiger partial charge on any atom is 0.324 e. The maximum atomic E-state index is 11.7. The van der Waals surface area contributed by atoms with Gasteiger partial charge in [0.1, 0.15) is 5.54 Å². The molecule has 0 atom stereocenters. The number of hydrogen-bond donors (Lipinski definition) is 2. The van der Waals surface area contributed by atoms with Crippen LogP contribution in [-0.2, 0) is 19.6 Å². The Labute approximate surface area is 101 Å². The molecule has 7 heteroatoms. The van der Waals surface area contributed by atoms with E-state index in [1.54, 1.807) is 6.92 Å². The minimum Gasteiger partial charge on any atom is -0.480 e. The molecule has 0 unspecified atom stereocenters. The van der Waals surface area contributed by atoms with Crippen LogP contribution in [0.4, 0.5) is 0 Å². The summed E-state index contributed by atoms with van der Waals surface area (Å²) in [6, 6.07) is 0. The highest BCUT2D eigenvalue weighted by molar-refractivity contribution is 7.89. The van der Waals surface area contributed by atoms with E-state index < -0.39 is 21.5 Å². The molecule has 6 nitrogen and oxygen atoms in total. The molecule has 1 fully saturated rings. The van der Waals surface area contributed by atoms with Crippen molar-refractivity contribution in [2.45, 2.75) is 38.1 Å². The zero-order valence-corrected chi connectivity index (χ0v) is 10.8. The molecule has 0 radical (unpaired) electrons. The zero-order chi connectivity index (χ0) is 12.9. The number of sulfonamides is 1. The molecule has 0 aromatic carbocycles. The average molecular weight is 265 g/mol. The van der Waals surface area contributed by atoms with Crippen molar-refractivity contribution in [3.63, 3.8) is 0 Å². The van der Waals surface area contributed by atoms with Gasteiger partial charge in [-0.25, -0.2) is 8.42 Å². The van der Waals surface area contributed by atoms with Gasteiger partial charge < -0.3 is 9.84 Å². The van der Waals surface area contributed by atoms with E-state index in [0.717, 1.165) is 12.8 Å². The summed E-state index contributed by atoms with van der Waals surface area (Å²) in [5.41, 5.74) is -1.30. The summed E-state index contributed by atoms with van der Waals surface area (Å²) < 4.78 is 30.7. The molecule has 0 aliphatic heterocycles. The van der Waals surface area contributed by atoms with Crippen molar-refractivity contribution >= 4 is 16.0 Å². The van der Waals surface area contributed by atoms with Gasteiger partial charge >= 0.3 is 5.97 Å². The Morgan fingerprint density at radius 2 is 2.00 bits per heavy atom. The first-order valence-electron chi connectivity index (χ1n) is 5.75. The molecule has 1 rings (SSSR count). The molecule has 1 aliphatic rings. The second-order valence-corrected chi connectivity index (χ2v) is 6.05. The predicted molar refractivity (Wildman–Crippen MR) is 62.3 cm³/mol. The van der Waals surface area contributed by atoms with Crippen molar-refractivity contribution in [1.29, 1.82) is 0 Å². The fourth-order valence-corrected chi connectivity index (χ4v) is 3.33. The van der Waals surface area contributed by atoms with Crippen LogP contribution < -0.4 is 4.72 Å². The van der Waals surface area contributed by atoms with Gasteiger partial charge in [0.2, 0.25) is 10.0 Å². The fourth-order valence-electron chi connectivity index (χ4n) is 2.00. The molecule has 1 saturated carbocycles. The van der Waals surface area contributed by atoms with Crippen LogP contribution in [0.1, 0.15) is 32.6 Å². The van der Waals surface area contributed by atoms with E-state index in [1.807, 2.05) is 0 Å². The Morgan fingerprint density at radius 3 is 2.47 bits per heavy atom. The van der Waals surface area contributed by atoms with Crippen molar-refractivity contribution in [3.8, 4) is 0 Å². The van der Waals surface area contributed by atoms with Gasteiger partial charge in [-0.3, -0.25) is 4.79 Å². The van der Waals surface area contributed by atoms with Crippen molar-refractivity contribution in [3.05, 3.63) is 0 Å². The normalized spacial score (nSPS) is 19.4. The largest absolute Gasteiger partial charge is 0.480 e. The van der Waals surface area contributed by atoms with Gasteiger partial charge in [0, 0.05) is 6.61 Å². The lowest BCUT2D eigenvalue weighted by molar-refractivity contribution is -0.143. The first-order chi connectivity index (χ1) is 7.92. The van der Waals surface area contributed by atoms with E-state index in [0.29, 0.717) is 19.4 Å². The third-order valence-corrected chi connectivity index (χ3v) is 4.32. The topological polar surface area (TPSA) is 92.7 Å². The predicted octanol–water partition coefficient (Wildman–Crippen LogP) is 0.340. The van der Waals surface area contributed by atoms with Gasteiger partial charge in [-0.1, -0.05) is 12.8 Å². The van der Waals surface area contributed by atoms with Crippen molar-refractivity contribution < 1.29 is 23.1 Å². The molecule has 2 N–H and O–H groups in total. The summed E-state index contributed by atoms with van der Waals surface area (Å²) in [7, 11) is -3.60. The molecule has 0 aromatic rings. The second-order valence-electron chi connectivity index (χ2n) is 4.21. The molecule has 0 amide bonds. The van der Waals surface area contributed by atoms with Crippen LogP contribution in [0.3, 0.4) is 0 Å². The monoisotopic (exact) mass is 265 g/mol. The Bertz CT molecular complexity index is 359. The Morgan fingerprint density at radius 1 is 1.41 bits per heavy atom. The molecule has 0 bridgehead atoms. The molecule has 0 spiro atoms. The number of rotatable bonds is 7. The Hall–Kier alpha value is -0.660. The lowest BCUT2D eigenvalue weighted by Gasteiger charge is -2.24. The Balaban J connectivity index is 2.64. The SMILES string of the molecule is CCOCCS(=O)(=O)NC1(C(=O)O)CCCC1. The van der Waals surface area contributed by atoms with Gasteiger partial charge in [0.15, 0.2) is 0 Å². The van der Waals surface area contributed by atoms with Gasteiger partial charge in [-0.15, -0.1) is 0 Å². The van der Waals surface area contributed by atoms with Crippen molar-refractivity contribution in [2.24, 2.45) is 0 Å². The van der Waals surface area contributed by atoms with E-state index in [2.05, 4.69) is 4.72 Å². The van der Waals surface area contributed by atoms with Gasteiger partial charge in [-0.05, 0) is 19.8 Å². The summed E-state index contributed by atoms with van der Waals surface area (Å²) in [5, 5.41) is 9.14. The van der Waals surface area contributed by atoms with Crippen LogP contribution in [0.5, 0.6) is 0 Å². The van der Waals surface area contributed by atoms with Crippen molar-refractivity contribution in [2.75, 3.05) is 19.0 Å². The van der Waals surface area contributed by atoms with Gasteiger partial charge in [0.05, 0.1) is 12.4 Å². The molecule has 100 valence electrons. The standard InChI is InChI=1S/C10H19NO5S/c1-2-16-7-8-17(14,15)11-10(9(12)13)5-3-4-6-10/h11H,2-8H2,1H3,(H,12,13). The zero-order valence-electron chi connectivity index (χ0n) is 9.94. The summed E-state index contributed by atoms with van der Waals surface area (Å²) in [5.74, 6) is -1.29. The molecule has 0 aromatic heterocycles. The molecule has 0 heterocycles. The number of carboxylic acids is 1. The smallest absolute Gasteiger partial charge is 0.324 e. The van der Waals surface area contributed by atoms with Crippen LogP contribution in [0.25, 0.3) is 0 Å². The van der Waals surface area contributed by atoms with Crippen LogP contribution in [-0.4, -0.2) is 44.0 Å². The van der Waals surface area contributed by atoms with E-state index in [9.17, 15) is 13.2 Å². The number of hydrogen-bond acceptors (Lipinski definition) is 4. The summed E-state index contributed by atoms with van der Waals surface area (Å²) in [6.45, 7) is 2.30. The van der Waals surface area contributed by atoms with Crippen LogP contribution in [0, 0.1) is 0 Å². The van der Waals surface area contributed by atoms with Gasteiger partial charge in [0.25, 0.3) is 0 Å². The van der Waals surface area contributed by atoms with Gasteiger partial charge in [-0.2, -0.15) is 4.72 Å². The molecular weight excluding hydrogens is 246 g/mol. The van der Waals surface area contributed by atoms with Crippen LogP contribution in [0.15, 0.2) is 0 Å². The first-order valence-corrected chi connectivity index (χ1v) is 7.40. The number of ether oxygens (including phenoxy) is 1. The average Bonchev–Trinajstić information content (AvgIpc) is 2.67. The minimum absolute atomic E-state index is 0.0849. The van der Waals surface area contributed by atoms with Crippen LogP contribution >= 0.6 is 0 Å². The lowest BCUT2D eigenvalue weighted by Crippen LogP contribution is -2.53. The third kappa shape index (κ3) is 3.93. The molecular formula is C10H19NO5S. The van der Waals surface area contributed by atoms with E-state index in [1.165, 1.54) is 0 Å². The highest BCUT2D eigenvalue weighted by atomic mass is 32.2. The van der Waals surface area contributed by atoms with Crippen molar-refractivity contribution in [1.82, 2.24) is 4.72 Å². The molecule has 17 heavy (non-hydrogen) atoms. The number of aliphatic carboxylic acids is 1. The van der Waals surface area contributed by atoms with E-state index in [4.69, 9.17) is 9.84 Å². The number of nitrogens with one attached hydrogen (secondary N) is 1.